The molecule has 1 N–H and O–H groups in total. The molecule has 22 heavy (non-hydrogen) atoms. The second kappa shape index (κ2) is 6.23. The smallest absolute Gasteiger partial charge is 0.168 e. The Kier molecular flexibility index (Phi) is 4.15. The third-order valence-electron chi connectivity index (χ3n) is 3.34. The minimum absolute atomic E-state index is 0.676. The van der Waals surface area contributed by atoms with Crippen molar-refractivity contribution < 1.29 is 0 Å². The topological polar surface area (TPSA) is 50.2 Å². The van der Waals surface area contributed by atoms with Crippen LogP contribution in [0.3, 0.4) is 0 Å². The standard InChI is InChI=1S/C17H15BrN4/c1-11(13-7-9-14(18)10-8-13)21-22-17-12(2)19-15-5-3-4-6-16(15)20-17/h3-10H,1-2H3,(H,20,22). The second-order valence-electron chi connectivity index (χ2n) is 4.96. The highest BCUT2D eigenvalue weighted by atomic mass is 79.9. The fourth-order valence-electron chi connectivity index (χ4n) is 2.09. The maximum atomic E-state index is 4.57. The highest BCUT2D eigenvalue weighted by Gasteiger charge is 2.04. The van der Waals surface area contributed by atoms with E-state index in [2.05, 4.69) is 36.4 Å². The Morgan fingerprint density at radius 1 is 1.00 bits per heavy atom. The Morgan fingerprint density at radius 2 is 1.64 bits per heavy atom. The van der Waals surface area contributed by atoms with Gasteiger partial charge in [-0.05, 0) is 43.7 Å². The molecule has 3 aromatic rings. The average Bonchev–Trinajstić information content (AvgIpc) is 2.53. The highest BCUT2D eigenvalue weighted by Crippen LogP contribution is 2.16. The number of nitrogens with one attached hydrogen (secondary N) is 1. The van der Waals surface area contributed by atoms with E-state index in [1.54, 1.807) is 0 Å². The number of aryl methyl sites for hydroxylation is 1. The van der Waals surface area contributed by atoms with Crippen molar-refractivity contribution >= 4 is 38.5 Å². The number of rotatable bonds is 3. The zero-order valence-electron chi connectivity index (χ0n) is 12.3. The van der Waals surface area contributed by atoms with E-state index in [-0.39, 0.29) is 0 Å². The van der Waals surface area contributed by atoms with Crippen LogP contribution < -0.4 is 5.43 Å². The van der Waals surface area contributed by atoms with Crippen LogP contribution in [0.2, 0.25) is 0 Å². The van der Waals surface area contributed by atoms with Crippen LogP contribution in [-0.2, 0) is 0 Å². The van der Waals surface area contributed by atoms with Gasteiger partial charge in [0.1, 0.15) is 0 Å². The van der Waals surface area contributed by atoms with Gasteiger partial charge in [0.2, 0.25) is 0 Å². The monoisotopic (exact) mass is 354 g/mol. The summed E-state index contributed by atoms with van der Waals surface area (Å²) in [5, 5.41) is 4.41. The summed E-state index contributed by atoms with van der Waals surface area (Å²) < 4.78 is 1.05. The molecule has 4 nitrogen and oxygen atoms in total. The molecule has 1 aromatic heterocycles. The fraction of sp³-hybridized carbons (Fsp3) is 0.118. The van der Waals surface area contributed by atoms with Crippen LogP contribution in [0.5, 0.6) is 0 Å². The Labute approximate surface area is 137 Å². The summed E-state index contributed by atoms with van der Waals surface area (Å²) in [4.78, 5) is 9.10. The number of hydrazone groups is 1. The minimum Gasteiger partial charge on any atom is -0.260 e. The predicted octanol–water partition coefficient (Wildman–Crippen LogP) is 4.54. The predicted molar refractivity (Wildman–Crippen MR) is 94.3 cm³/mol. The molecule has 1 heterocycles. The van der Waals surface area contributed by atoms with Gasteiger partial charge < -0.3 is 0 Å². The van der Waals surface area contributed by atoms with Crippen molar-refractivity contribution in [1.29, 1.82) is 0 Å². The minimum atomic E-state index is 0.676. The zero-order valence-corrected chi connectivity index (χ0v) is 13.9. The van der Waals surface area contributed by atoms with Crippen molar-refractivity contribution in [3.05, 3.63) is 64.3 Å². The lowest BCUT2D eigenvalue weighted by molar-refractivity contribution is 1.14. The molecule has 2 aromatic carbocycles. The largest absolute Gasteiger partial charge is 0.260 e. The van der Waals surface area contributed by atoms with E-state index in [1.807, 2.05) is 62.4 Å². The Balaban J connectivity index is 1.87. The van der Waals surface area contributed by atoms with Crippen molar-refractivity contribution in [3.63, 3.8) is 0 Å². The summed E-state index contributed by atoms with van der Waals surface area (Å²) in [7, 11) is 0. The number of fused-ring (bicyclic) bond motifs is 1. The number of nitrogens with zero attached hydrogens (tertiary/aromatic N) is 3. The highest BCUT2D eigenvalue weighted by molar-refractivity contribution is 9.10. The van der Waals surface area contributed by atoms with Crippen LogP contribution in [0, 0.1) is 6.92 Å². The number of halogens is 1. The number of para-hydroxylation sites is 2. The molecule has 0 saturated carbocycles. The maximum absolute atomic E-state index is 4.57. The van der Waals surface area contributed by atoms with Crippen molar-refractivity contribution in [2.24, 2.45) is 5.10 Å². The number of hydrogen-bond donors (Lipinski definition) is 1. The lowest BCUT2D eigenvalue weighted by atomic mass is 10.1. The van der Waals surface area contributed by atoms with E-state index in [4.69, 9.17) is 0 Å². The third-order valence-corrected chi connectivity index (χ3v) is 3.87. The van der Waals surface area contributed by atoms with Gasteiger partial charge in [0, 0.05) is 4.47 Å². The first-order valence-electron chi connectivity index (χ1n) is 6.93. The molecule has 0 aliphatic heterocycles. The molecule has 0 bridgehead atoms. The van der Waals surface area contributed by atoms with E-state index >= 15 is 0 Å². The van der Waals surface area contributed by atoms with Gasteiger partial charge in [0.05, 0.1) is 22.4 Å². The van der Waals surface area contributed by atoms with E-state index in [9.17, 15) is 0 Å². The molecule has 0 atom stereocenters. The SMILES string of the molecule is CC(=NNc1nc2ccccc2nc1C)c1ccc(Br)cc1. The molecule has 0 aliphatic rings. The molecule has 3 rings (SSSR count). The number of hydrogen-bond acceptors (Lipinski definition) is 4. The molecule has 0 radical (unpaired) electrons. The van der Waals surface area contributed by atoms with E-state index in [0.29, 0.717) is 5.82 Å². The zero-order chi connectivity index (χ0) is 15.5. The number of anilines is 1. The van der Waals surface area contributed by atoms with Gasteiger partial charge in [-0.1, -0.05) is 40.2 Å². The Morgan fingerprint density at radius 3 is 2.32 bits per heavy atom. The van der Waals surface area contributed by atoms with Gasteiger partial charge in [-0.15, -0.1) is 0 Å². The number of aromatic nitrogens is 2. The molecule has 0 aliphatic carbocycles. The third kappa shape index (κ3) is 3.14. The molecule has 0 spiro atoms. The van der Waals surface area contributed by atoms with Crippen LogP contribution in [0.1, 0.15) is 18.2 Å². The summed E-state index contributed by atoms with van der Waals surface area (Å²) in [6, 6.07) is 15.8. The molecule has 0 saturated heterocycles. The summed E-state index contributed by atoms with van der Waals surface area (Å²) in [5.74, 6) is 0.676. The van der Waals surface area contributed by atoms with E-state index in [0.717, 1.165) is 32.5 Å². The molecule has 110 valence electrons. The van der Waals surface area contributed by atoms with Gasteiger partial charge >= 0.3 is 0 Å². The van der Waals surface area contributed by atoms with Crippen LogP contribution in [0.4, 0.5) is 5.82 Å². The molecular formula is C17H15BrN4. The molecule has 5 heteroatoms. The lowest BCUT2D eigenvalue weighted by Gasteiger charge is -2.07. The van der Waals surface area contributed by atoms with Crippen LogP contribution in [-0.4, -0.2) is 15.7 Å². The fourth-order valence-corrected chi connectivity index (χ4v) is 2.35. The molecule has 0 fully saturated rings. The van der Waals surface area contributed by atoms with Gasteiger partial charge in [-0.25, -0.2) is 9.97 Å². The quantitative estimate of drug-likeness (QED) is 0.554. The van der Waals surface area contributed by atoms with Crippen LogP contribution in [0.25, 0.3) is 11.0 Å². The van der Waals surface area contributed by atoms with Gasteiger partial charge in [0.25, 0.3) is 0 Å². The lowest BCUT2D eigenvalue weighted by Crippen LogP contribution is -2.03. The normalized spacial score (nSPS) is 11.7. The first-order valence-corrected chi connectivity index (χ1v) is 7.72. The van der Waals surface area contributed by atoms with Crippen LogP contribution >= 0.6 is 15.9 Å². The number of benzene rings is 2. The molecule has 0 unspecified atom stereocenters. The van der Waals surface area contributed by atoms with Crippen LogP contribution in [0.15, 0.2) is 58.1 Å². The summed E-state index contributed by atoms with van der Waals surface area (Å²) in [6.45, 7) is 3.88. The first-order chi connectivity index (χ1) is 10.6. The van der Waals surface area contributed by atoms with Gasteiger partial charge in [-0.3, -0.25) is 5.43 Å². The van der Waals surface area contributed by atoms with Crippen molar-refractivity contribution in [2.45, 2.75) is 13.8 Å². The average molecular weight is 355 g/mol. The first kappa shape index (κ1) is 14.7. The van der Waals surface area contributed by atoms with E-state index < -0.39 is 0 Å². The summed E-state index contributed by atoms with van der Waals surface area (Å²) in [6.07, 6.45) is 0. The van der Waals surface area contributed by atoms with Gasteiger partial charge in [-0.2, -0.15) is 5.10 Å². The van der Waals surface area contributed by atoms with Crippen molar-refractivity contribution in [3.8, 4) is 0 Å². The van der Waals surface area contributed by atoms with Crippen molar-refractivity contribution in [2.75, 3.05) is 5.43 Å². The summed E-state index contributed by atoms with van der Waals surface area (Å²) >= 11 is 3.43. The van der Waals surface area contributed by atoms with Gasteiger partial charge in [0.15, 0.2) is 5.82 Å². The maximum Gasteiger partial charge on any atom is 0.168 e. The Hall–Kier alpha value is -2.27. The molecule has 0 amide bonds. The Bertz CT molecular complexity index is 841. The summed E-state index contributed by atoms with van der Waals surface area (Å²) in [5.41, 5.74) is 7.54. The second-order valence-corrected chi connectivity index (χ2v) is 5.88. The van der Waals surface area contributed by atoms with E-state index in [1.165, 1.54) is 0 Å². The van der Waals surface area contributed by atoms with Crippen molar-refractivity contribution in [1.82, 2.24) is 9.97 Å². The molecular weight excluding hydrogens is 340 g/mol.